The number of hydrogen-bond donors (Lipinski definition) is 1. The number of anilines is 1. The van der Waals surface area contributed by atoms with E-state index < -0.39 is 0 Å². The molecule has 2 heterocycles. The number of pyridine rings is 1. The van der Waals surface area contributed by atoms with Crippen LogP contribution in [0.1, 0.15) is 45.2 Å². The lowest BCUT2D eigenvalue weighted by atomic mass is 9.78. The first-order valence-electron chi connectivity index (χ1n) is 7.74. The smallest absolute Gasteiger partial charge is 0.243 e. The predicted molar refractivity (Wildman–Crippen MR) is 81.9 cm³/mol. The molecule has 2 unspecified atom stereocenters. The minimum absolute atomic E-state index is 0.515. The Morgan fingerprint density at radius 3 is 2.80 bits per heavy atom. The van der Waals surface area contributed by atoms with Crippen molar-refractivity contribution >= 4 is 11.6 Å². The minimum atomic E-state index is 0.515. The van der Waals surface area contributed by atoms with Crippen molar-refractivity contribution in [2.24, 2.45) is 11.8 Å². The zero-order valence-corrected chi connectivity index (χ0v) is 12.6. The van der Waals surface area contributed by atoms with Crippen molar-refractivity contribution in [2.45, 2.75) is 52.5 Å². The number of aryl methyl sites for hydroxylation is 1. The highest BCUT2D eigenvalue weighted by atomic mass is 15.4. The molecule has 4 heteroatoms. The van der Waals surface area contributed by atoms with Crippen molar-refractivity contribution < 1.29 is 0 Å². The van der Waals surface area contributed by atoms with Gasteiger partial charge in [-0.2, -0.15) is 4.98 Å². The molecule has 0 aliphatic heterocycles. The summed E-state index contributed by atoms with van der Waals surface area (Å²) in [4.78, 5) is 4.60. The number of rotatable bonds is 3. The number of aromatic nitrogens is 3. The first-order chi connectivity index (χ1) is 9.65. The van der Waals surface area contributed by atoms with E-state index in [1.54, 1.807) is 0 Å². The summed E-state index contributed by atoms with van der Waals surface area (Å²) in [6, 6.07) is 6.61. The minimum Gasteiger partial charge on any atom is -0.350 e. The molecule has 1 N–H and O–H groups in total. The molecule has 3 rings (SSSR count). The summed E-state index contributed by atoms with van der Waals surface area (Å²) in [5, 5.41) is 8.18. The second-order valence-corrected chi connectivity index (χ2v) is 6.32. The molecule has 2 aromatic heterocycles. The fourth-order valence-corrected chi connectivity index (χ4v) is 3.40. The predicted octanol–water partition coefficient (Wildman–Crippen LogP) is 3.66. The second-order valence-electron chi connectivity index (χ2n) is 6.32. The molecular formula is C16H24N4. The van der Waals surface area contributed by atoms with Crippen molar-refractivity contribution in [1.82, 2.24) is 14.6 Å². The number of hydrogen-bond acceptors (Lipinski definition) is 3. The van der Waals surface area contributed by atoms with E-state index in [0.717, 1.165) is 23.2 Å². The average Bonchev–Trinajstić information content (AvgIpc) is 2.83. The summed E-state index contributed by atoms with van der Waals surface area (Å²) in [5.41, 5.74) is 2.04. The van der Waals surface area contributed by atoms with Gasteiger partial charge in [-0.1, -0.05) is 32.8 Å². The first-order valence-corrected chi connectivity index (χ1v) is 7.74. The van der Waals surface area contributed by atoms with Gasteiger partial charge in [0.2, 0.25) is 5.95 Å². The quantitative estimate of drug-likeness (QED) is 0.927. The van der Waals surface area contributed by atoms with Crippen LogP contribution in [0.25, 0.3) is 5.65 Å². The fraction of sp³-hybridized carbons (Fsp3) is 0.625. The summed E-state index contributed by atoms with van der Waals surface area (Å²) in [7, 11) is 0. The van der Waals surface area contributed by atoms with Gasteiger partial charge in [0.1, 0.15) is 0 Å². The lowest BCUT2D eigenvalue weighted by Crippen LogP contribution is -2.35. The van der Waals surface area contributed by atoms with Crippen LogP contribution in [0.5, 0.6) is 0 Å². The summed E-state index contributed by atoms with van der Waals surface area (Å²) < 4.78 is 1.91. The Labute approximate surface area is 120 Å². The molecule has 0 saturated heterocycles. The van der Waals surface area contributed by atoms with Gasteiger partial charge in [-0.15, -0.1) is 5.10 Å². The van der Waals surface area contributed by atoms with E-state index >= 15 is 0 Å². The Hall–Kier alpha value is -1.58. The van der Waals surface area contributed by atoms with E-state index in [2.05, 4.69) is 42.2 Å². The zero-order chi connectivity index (χ0) is 14.1. The molecule has 0 radical (unpaired) electrons. The van der Waals surface area contributed by atoms with Gasteiger partial charge in [0.25, 0.3) is 0 Å². The van der Waals surface area contributed by atoms with Crippen molar-refractivity contribution in [2.75, 3.05) is 5.32 Å². The van der Waals surface area contributed by atoms with E-state index in [0.29, 0.717) is 12.0 Å². The summed E-state index contributed by atoms with van der Waals surface area (Å²) >= 11 is 0. The number of nitrogens with zero attached hydrogens (tertiary/aromatic N) is 3. The van der Waals surface area contributed by atoms with Crippen LogP contribution < -0.4 is 5.32 Å². The monoisotopic (exact) mass is 272 g/mol. The summed E-state index contributed by atoms with van der Waals surface area (Å²) in [6.07, 6.45) is 5.23. The largest absolute Gasteiger partial charge is 0.350 e. The van der Waals surface area contributed by atoms with Crippen molar-refractivity contribution in [3.63, 3.8) is 0 Å². The van der Waals surface area contributed by atoms with Crippen molar-refractivity contribution in [3.05, 3.63) is 23.9 Å². The first kappa shape index (κ1) is 13.4. The Kier molecular flexibility index (Phi) is 3.64. The van der Waals surface area contributed by atoms with E-state index in [4.69, 9.17) is 0 Å². The molecule has 108 valence electrons. The maximum Gasteiger partial charge on any atom is 0.243 e. The lowest BCUT2D eigenvalue weighted by molar-refractivity contribution is 0.253. The van der Waals surface area contributed by atoms with Gasteiger partial charge in [0.15, 0.2) is 5.65 Å². The Bertz CT molecular complexity index is 587. The van der Waals surface area contributed by atoms with Gasteiger partial charge >= 0.3 is 0 Å². The van der Waals surface area contributed by atoms with E-state index in [1.165, 1.54) is 25.7 Å². The molecule has 1 fully saturated rings. The van der Waals surface area contributed by atoms with Crippen molar-refractivity contribution in [3.8, 4) is 0 Å². The highest BCUT2D eigenvalue weighted by Crippen LogP contribution is 2.31. The maximum absolute atomic E-state index is 4.60. The average molecular weight is 272 g/mol. The second kappa shape index (κ2) is 5.43. The van der Waals surface area contributed by atoms with Crippen LogP contribution in [-0.4, -0.2) is 20.6 Å². The van der Waals surface area contributed by atoms with Gasteiger partial charge in [-0.05, 0) is 43.7 Å². The van der Waals surface area contributed by atoms with Crippen molar-refractivity contribution in [1.29, 1.82) is 0 Å². The maximum atomic E-state index is 4.60. The molecule has 4 nitrogen and oxygen atoms in total. The third kappa shape index (κ3) is 2.51. The molecule has 2 aromatic rings. The van der Waals surface area contributed by atoms with Crippen LogP contribution >= 0.6 is 0 Å². The molecule has 0 bridgehead atoms. The van der Waals surface area contributed by atoms with Crippen LogP contribution in [0.3, 0.4) is 0 Å². The zero-order valence-electron chi connectivity index (χ0n) is 12.6. The SMILES string of the molecule is Cc1cccc2nc(NC3CCCCC3C(C)C)nn12. The van der Waals surface area contributed by atoms with Crippen LogP contribution in [0.15, 0.2) is 18.2 Å². The van der Waals surface area contributed by atoms with Crippen LogP contribution in [0.2, 0.25) is 0 Å². The molecule has 0 spiro atoms. The fourth-order valence-electron chi connectivity index (χ4n) is 3.40. The highest BCUT2D eigenvalue weighted by Gasteiger charge is 2.28. The van der Waals surface area contributed by atoms with Gasteiger partial charge < -0.3 is 5.32 Å². The standard InChI is InChI=1S/C16H24N4/c1-11(2)13-8-4-5-9-14(13)17-16-18-15-10-6-7-12(3)20(15)19-16/h6-7,10-11,13-14H,4-5,8-9H2,1-3H3,(H,17,19). The molecule has 1 aliphatic rings. The number of fused-ring (bicyclic) bond motifs is 1. The van der Waals surface area contributed by atoms with E-state index in [9.17, 15) is 0 Å². The van der Waals surface area contributed by atoms with Crippen LogP contribution in [-0.2, 0) is 0 Å². The summed E-state index contributed by atoms with van der Waals surface area (Å²) in [5.74, 6) is 2.22. The molecule has 0 aromatic carbocycles. The third-order valence-corrected chi connectivity index (χ3v) is 4.54. The topological polar surface area (TPSA) is 42.2 Å². The normalized spacial score (nSPS) is 23.4. The Morgan fingerprint density at radius 2 is 2.05 bits per heavy atom. The van der Waals surface area contributed by atoms with Crippen LogP contribution in [0.4, 0.5) is 5.95 Å². The molecule has 0 amide bonds. The lowest BCUT2D eigenvalue weighted by Gasteiger charge is -2.34. The Balaban J connectivity index is 1.82. The van der Waals surface area contributed by atoms with Gasteiger partial charge in [0, 0.05) is 11.7 Å². The van der Waals surface area contributed by atoms with E-state index in [-0.39, 0.29) is 0 Å². The van der Waals surface area contributed by atoms with Gasteiger partial charge in [-0.3, -0.25) is 0 Å². The molecule has 2 atom stereocenters. The number of nitrogens with one attached hydrogen (secondary N) is 1. The van der Waals surface area contributed by atoms with E-state index in [1.807, 2.05) is 16.6 Å². The molecule has 1 aliphatic carbocycles. The van der Waals surface area contributed by atoms with Crippen LogP contribution in [0, 0.1) is 18.8 Å². The molecule has 1 saturated carbocycles. The third-order valence-electron chi connectivity index (χ3n) is 4.54. The summed E-state index contributed by atoms with van der Waals surface area (Å²) in [6.45, 7) is 6.71. The van der Waals surface area contributed by atoms with Gasteiger partial charge in [-0.25, -0.2) is 4.52 Å². The highest BCUT2D eigenvalue weighted by molar-refractivity contribution is 5.44. The molecule has 20 heavy (non-hydrogen) atoms. The van der Waals surface area contributed by atoms with Gasteiger partial charge in [0.05, 0.1) is 0 Å². The molecular weight excluding hydrogens is 248 g/mol. The Morgan fingerprint density at radius 1 is 1.25 bits per heavy atom.